The van der Waals surface area contributed by atoms with E-state index >= 15 is 0 Å². The van der Waals surface area contributed by atoms with Crippen LogP contribution in [-0.4, -0.2) is 35.3 Å². The number of carbonyl (C=O) groups is 3. The maximum atomic E-state index is 13.3. The number of hydrogen-bond acceptors (Lipinski definition) is 4. The zero-order valence-corrected chi connectivity index (χ0v) is 26.6. The van der Waals surface area contributed by atoms with Gasteiger partial charge in [-0.3, -0.25) is 19.4 Å². The van der Waals surface area contributed by atoms with Crippen molar-refractivity contribution >= 4 is 17.7 Å². The topological polar surface area (TPSA) is 114 Å². The highest BCUT2D eigenvalue weighted by molar-refractivity contribution is 5.87. The SMILES string of the molecule is CCCCCCCCCC(=O)N[C@@H](Cc1cccc(Cc2ccncc2)c1)C(=O)NCCCCCCCCCCC(N)=O. The molecular weight excluding hydrogens is 536 g/mol. The van der Waals surface area contributed by atoms with Gasteiger partial charge in [-0.1, -0.05) is 108 Å². The number of hydrogen-bond donors (Lipinski definition) is 3. The minimum Gasteiger partial charge on any atom is -0.370 e. The summed E-state index contributed by atoms with van der Waals surface area (Å²) < 4.78 is 0. The van der Waals surface area contributed by atoms with Crippen LogP contribution in [0.5, 0.6) is 0 Å². The lowest BCUT2D eigenvalue weighted by Crippen LogP contribution is -2.48. The van der Waals surface area contributed by atoms with Crippen LogP contribution in [0.2, 0.25) is 0 Å². The summed E-state index contributed by atoms with van der Waals surface area (Å²) in [6, 6.07) is 11.7. The summed E-state index contributed by atoms with van der Waals surface area (Å²) in [5.74, 6) is -0.370. The molecule has 4 N–H and O–H groups in total. The number of pyridine rings is 1. The van der Waals surface area contributed by atoms with Crippen LogP contribution in [0.25, 0.3) is 0 Å². The molecule has 0 fully saturated rings. The Labute approximate surface area is 260 Å². The first-order valence-corrected chi connectivity index (χ1v) is 16.8. The van der Waals surface area contributed by atoms with Gasteiger partial charge in [0.05, 0.1) is 0 Å². The van der Waals surface area contributed by atoms with Crippen molar-refractivity contribution in [3.05, 3.63) is 65.5 Å². The second kappa shape index (κ2) is 23.3. The van der Waals surface area contributed by atoms with Crippen molar-refractivity contribution in [2.24, 2.45) is 5.73 Å². The molecule has 1 aromatic heterocycles. The minimum absolute atomic E-state index is 0.0440. The number of nitrogens with two attached hydrogens (primary N) is 1. The van der Waals surface area contributed by atoms with Crippen LogP contribution in [0.3, 0.4) is 0 Å². The molecule has 7 nitrogen and oxygen atoms in total. The molecule has 0 aliphatic rings. The van der Waals surface area contributed by atoms with Gasteiger partial charge in [0.15, 0.2) is 0 Å². The number of carbonyl (C=O) groups excluding carboxylic acids is 3. The molecule has 3 amide bonds. The average Bonchev–Trinajstić information content (AvgIpc) is 2.99. The summed E-state index contributed by atoms with van der Waals surface area (Å²) >= 11 is 0. The summed E-state index contributed by atoms with van der Waals surface area (Å²) in [5, 5.41) is 6.13. The van der Waals surface area contributed by atoms with Gasteiger partial charge >= 0.3 is 0 Å². The summed E-state index contributed by atoms with van der Waals surface area (Å²) in [4.78, 5) is 41.0. The van der Waals surface area contributed by atoms with Crippen LogP contribution in [0.1, 0.15) is 133 Å². The van der Waals surface area contributed by atoms with E-state index in [9.17, 15) is 14.4 Å². The van der Waals surface area contributed by atoms with Crippen molar-refractivity contribution in [2.45, 2.75) is 135 Å². The highest BCUT2D eigenvalue weighted by atomic mass is 16.2. The predicted octanol–water partition coefficient (Wildman–Crippen LogP) is 6.95. The van der Waals surface area contributed by atoms with Gasteiger partial charge < -0.3 is 16.4 Å². The average molecular weight is 593 g/mol. The molecular formula is C36H56N4O3. The Bertz CT molecular complexity index is 1040. The first-order chi connectivity index (χ1) is 21.0. The van der Waals surface area contributed by atoms with E-state index in [1.165, 1.54) is 36.8 Å². The largest absolute Gasteiger partial charge is 0.370 e. The molecule has 2 aromatic rings. The first-order valence-electron chi connectivity index (χ1n) is 16.8. The zero-order chi connectivity index (χ0) is 31.0. The number of aromatic nitrogens is 1. The molecule has 0 saturated carbocycles. The number of nitrogens with zero attached hydrogens (tertiary/aromatic N) is 1. The third-order valence-corrected chi connectivity index (χ3v) is 7.90. The summed E-state index contributed by atoms with van der Waals surface area (Å²) in [7, 11) is 0. The van der Waals surface area contributed by atoms with Crippen molar-refractivity contribution in [3.8, 4) is 0 Å². The van der Waals surface area contributed by atoms with Crippen LogP contribution in [0.15, 0.2) is 48.8 Å². The minimum atomic E-state index is -0.589. The Morgan fingerprint density at radius 1 is 0.721 bits per heavy atom. The number of nitrogens with one attached hydrogen (secondary N) is 2. The van der Waals surface area contributed by atoms with Gasteiger partial charge in [0.1, 0.15) is 6.04 Å². The predicted molar refractivity (Wildman–Crippen MR) is 175 cm³/mol. The molecule has 2 rings (SSSR count). The van der Waals surface area contributed by atoms with E-state index in [0.29, 0.717) is 25.8 Å². The molecule has 1 heterocycles. The van der Waals surface area contributed by atoms with Gasteiger partial charge in [-0.05, 0) is 54.5 Å². The summed E-state index contributed by atoms with van der Waals surface area (Å²) in [6.07, 6.45) is 22.4. The normalized spacial score (nSPS) is 11.7. The van der Waals surface area contributed by atoms with Crippen LogP contribution >= 0.6 is 0 Å². The fourth-order valence-electron chi connectivity index (χ4n) is 5.38. The lowest BCUT2D eigenvalue weighted by atomic mass is 9.99. The third kappa shape index (κ3) is 18.1. The molecule has 0 saturated heterocycles. The Hall–Kier alpha value is -3.22. The van der Waals surface area contributed by atoms with Crippen molar-refractivity contribution < 1.29 is 14.4 Å². The number of benzene rings is 1. The number of amides is 3. The molecule has 238 valence electrons. The van der Waals surface area contributed by atoms with Gasteiger partial charge in [-0.15, -0.1) is 0 Å². The fourth-order valence-corrected chi connectivity index (χ4v) is 5.38. The zero-order valence-electron chi connectivity index (χ0n) is 26.6. The quantitative estimate of drug-likeness (QED) is 0.108. The standard InChI is InChI=1S/C36H56N4O3/c1-2-3-4-5-8-12-15-21-35(42)40-33(29-32-19-17-18-31(28-32)27-30-22-25-38-26-23-30)36(43)39-24-16-13-10-7-6-9-11-14-20-34(37)41/h17-19,22-23,25-26,28,33H,2-16,20-21,24,27,29H2,1H3,(H2,37,41)(H,39,43)(H,40,42)/t33-/m0/s1. The Morgan fingerprint density at radius 3 is 1.95 bits per heavy atom. The van der Waals surface area contributed by atoms with Crippen molar-refractivity contribution in [2.75, 3.05) is 6.54 Å². The smallest absolute Gasteiger partial charge is 0.242 e. The maximum absolute atomic E-state index is 13.3. The van der Waals surface area contributed by atoms with E-state index < -0.39 is 6.04 Å². The molecule has 0 bridgehead atoms. The van der Waals surface area contributed by atoms with Crippen LogP contribution in [-0.2, 0) is 27.2 Å². The maximum Gasteiger partial charge on any atom is 0.242 e. The van der Waals surface area contributed by atoms with E-state index in [1.54, 1.807) is 12.4 Å². The first kappa shape index (κ1) is 36.0. The van der Waals surface area contributed by atoms with Gasteiger partial charge in [0.25, 0.3) is 0 Å². The monoisotopic (exact) mass is 592 g/mol. The van der Waals surface area contributed by atoms with Gasteiger partial charge in [-0.2, -0.15) is 0 Å². The number of primary amides is 1. The van der Waals surface area contributed by atoms with Crippen LogP contribution in [0.4, 0.5) is 0 Å². The third-order valence-electron chi connectivity index (χ3n) is 7.90. The number of rotatable bonds is 25. The van der Waals surface area contributed by atoms with Gasteiger partial charge in [0, 0.05) is 38.2 Å². The Morgan fingerprint density at radius 2 is 1.30 bits per heavy atom. The molecule has 7 heteroatoms. The van der Waals surface area contributed by atoms with Crippen LogP contribution < -0.4 is 16.4 Å². The number of unbranched alkanes of at least 4 members (excludes halogenated alkanes) is 13. The van der Waals surface area contributed by atoms with E-state index in [0.717, 1.165) is 82.6 Å². The van der Waals surface area contributed by atoms with E-state index in [-0.39, 0.29) is 17.7 Å². The molecule has 0 spiro atoms. The van der Waals surface area contributed by atoms with Crippen molar-refractivity contribution in [1.29, 1.82) is 0 Å². The van der Waals surface area contributed by atoms with Gasteiger partial charge in [-0.25, -0.2) is 0 Å². The second-order valence-electron chi connectivity index (χ2n) is 11.9. The molecule has 1 atom stereocenters. The summed E-state index contributed by atoms with van der Waals surface area (Å²) in [6.45, 7) is 2.83. The highest BCUT2D eigenvalue weighted by Crippen LogP contribution is 2.14. The van der Waals surface area contributed by atoms with Gasteiger partial charge in [0.2, 0.25) is 17.7 Å². The summed E-state index contributed by atoms with van der Waals surface area (Å²) in [5.41, 5.74) is 8.58. The molecule has 0 aliphatic carbocycles. The molecule has 0 radical (unpaired) electrons. The molecule has 1 aromatic carbocycles. The van der Waals surface area contributed by atoms with Crippen molar-refractivity contribution in [3.63, 3.8) is 0 Å². The van der Waals surface area contributed by atoms with Crippen molar-refractivity contribution in [1.82, 2.24) is 15.6 Å². The fraction of sp³-hybridized carbons (Fsp3) is 0.611. The lowest BCUT2D eigenvalue weighted by molar-refractivity contribution is -0.129. The Kier molecular flexibility index (Phi) is 19.5. The van der Waals surface area contributed by atoms with E-state index in [2.05, 4.69) is 34.7 Å². The Balaban J connectivity index is 1.81. The highest BCUT2D eigenvalue weighted by Gasteiger charge is 2.21. The molecule has 0 aliphatic heterocycles. The second-order valence-corrected chi connectivity index (χ2v) is 11.9. The van der Waals surface area contributed by atoms with E-state index in [1.807, 2.05) is 24.3 Å². The van der Waals surface area contributed by atoms with E-state index in [4.69, 9.17) is 5.73 Å². The molecule has 43 heavy (non-hydrogen) atoms. The lowest BCUT2D eigenvalue weighted by Gasteiger charge is -2.19. The molecule has 0 unspecified atom stereocenters. The van der Waals surface area contributed by atoms with Crippen LogP contribution in [0, 0.1) is 0 Å².